The van der Waals surface area contributed by atoms with Crippen LogP contribution in [0.15, 0.2) is 36.4 Å². The minimum Gasteiger partial charge on any atom is -0.491 e. The first-order chi connectivity index (χ1) is 12.0. The van der Waals surface area contributed by atoms with Crippen LogP contribution in [0.1, 0.15) is 15.9 Å². The van der Waals surface area contributed by atoms with Crippen LogP contribution < -0.4 is 19.5 Å². The van der Waals surface area contributed by atoms with Gasteiger partial charge in [-0.3, -0.25) is 4.79 Å². The summed E-state index contributed by atoms with van der Waals surface area (Å²) in [5.74, 6) is 1.65. The van der Waals surface area contributed by atoms with Crippen molar-refractivity contribution < 1.29 is 24.1 Å². The number of amides is 1. The monoisotopic (exact) mass is 455 g/mol. The minimum atomic E-state index is -0.822. The fraction of sp³-hybridized carbons (Fsp3) is 0.278. The Morgan fingerprint density at radius 2 is 2.12 bits per heavy atom. The van der Waals surface area contributed by atoms with E-state index < -0.39 is 6.10 Å². The number of carbonyl (C=O) groups is 1. The summed E-state index contributed by atoms with van der Waals surface area (Å²) in [7, 11) is 0. The summed E-state index contributed by atoms with van der Waals surface area (Å²) in [6, 6.07) is 10.8. The van der Waals surface area contributed by atoms with Crippen LogP contribution in [0.4, 0.5) is 0 Å². The van der Waals surface area contributed by atoms with Crippen molar-refractivity contribution in [2.24, 2.45) is 0 Å². The zero-order valence-corrected chi connectivity index (χ0v) is 15.8. The van der Waals surface area contributed by atoms with E-state index >= 15 is 0 Å². The Hall–Kier alpha value is -2.00. The number of fused-ring (bicyclic) bond motifs is 1. The SMILES string of the molecule is Cc1cccc(C(=O)NCC(O)COc2ccc3c(c2)OCO3)c1I. The molecule has 6 nitrogen and oxygen atoms in total. The summed E-state index contributed by atoms with van der Waals surface area (Å²) in [5.41, 5.74) is 1.64. The topological polar surface area (TPSA) is 77.0 Å². The molecule has 0 aromatic heterocycles. The average molecular weight is 455 g/mol. The third-order valence-electron chi connectivity index (χ3n) is 3.72. The first-order valence-electron chi connectivity index (χ1n) is 7.78. The number of aliphatic hydroxyl groups is 1. The van der Waals surface area contributed by atoms with Crippen molar-refractivity contribution >= 4 is 28.5 Å². The van der Waals surface area contributed by atoms with Crippen molar-refractivity contribution in [3.05, 3.63) is 51.1 Å². The van der Waals surface area contributed by atoms with Gasteiger partial charge in [-0.2, -0.15) is 0 Å². The van der Waals surface area contributed by atoms with Crippen molar-refractivity contribution in [2.75, 3.05) is 19.9 Å². The van der Waals surface area contributed by atoms with E-state index in [2.05, 4.69) is 27.9 Å². The third-order valence-corrected chi connectivity index (χ3v) is 5.15. The normalized spacial score (nSPS) is 13.4. The predicted octanol–water partition coefficient (Wildman–Crippen LogP) is 2.50. The molecule has 25 heavy (non-hydrogen) atoms. The molecule has 132 valence electrons. The van der Waals surface area contributed by atoms with Gasteiger partial charge in [-0.15, -0.1) is 0 Å². The maximum Gasteiger partial charge on any atom is 0.252 e. The second-order valence-corrected chi connectivity index (χ2v) is 6.71. The fourth-order valence-corrected chi connectivity index (χ4v) is 2.95. The lowest BCUT2D eigenvalue weighted by molar-refractivity contribution is 0.0842. The van der Waals surface area contributed by atoms with E-state index in [0.29, 0.717) is 22.8 Å². The average Bonchev–Trinajstić information content (AvgIpc) is 3.08. The van der Waals surface area contributed by atoms with E-state index in [1.54, 1.807) is 24.3 Å². The van der Waals surface area contributed by atoms with Gasteiger partial charge in [0.15, 0.2) is 11.5 Å². The van der Waals surface area contributed by atoms with E-state index in [1.807, 2.05) is 19.1 Å². The molecule has 0 aliphatic carbocycles. The standard InChI is InChI=1S/C18H18INO5/c1-11-3-2-4-14(17(11)19)18(22)20-8-12(21)9-23-13-5-6-15-16(7-13)25-10-24-15/h2-7,12,21H,8-10H2,1H3,(H,20,22). The summed E-state index contributed by atoms with van der Waals surface area (Å²) in [5, 5.41) is 12.8. The van der Waals surface area contributed by atoms with Crippen LogP contribution in [0, 0.1) is 10.5 Å². The Kier molecular flexibility index (Phi) is 5.64. The number of aliphatic hydroxyl groups excluding tert-OH is 1. The summed E-state index contributed by atoms with van der Waals surface area (Å²) < 4.78 is 16.9. The van der Waals surface area contributed by atoms with Crippen LogP contribution in [0.25, 0.3) is 0 Å². The van der Waals surface area contributed by atoms with Gasteiger partial charge in [0.25, 0.3) is 5.91 Å². The van der Waals surface area contributed by atoms with Gasteiger partial charge in [0.1, 0.15) is 18.5 Å². The molecule has 3 rings (SSSR count). The molecule has 1 atom stereocenters. The molecule has 2 aromatic carbocycles. The summed E-state index contributed by atoms with van der Waals surface area (Å²) >= 11 is 2.15. The maximum atomic E-state index is 12.2. The lowest BCUT2D eigenvalue weighted by Gasteiger charge is -2.14. The molecule has 0 fully saturated rings. The lowest BCUT2D eigenvalue weighted by atomic mass is 10.1. The summed E-state index contributed by atoms with van der Waals surface area (Å²) in [6.07, 6.45) is -0.822. The number of aryl methyl sites for hydroxylation is 1. The number of benzene rings is 2. The number of nitrogens with one attached hydrogen (secondary N) is 1. The van der Waals surface area contributed by atoms with Crippen LogP contribution in [0.5, 0.6) is 17.2 Å². The molecule has 1 aliphatic heterocycles. The van der Waals surface area contributed by atoms with Crippen molar-refractivity contribution in [1.82, 2.24) is 5.32 Å². The van der Waals surface area contributed by atoms with Crippen LogP contribution in [-0.2, 0) is 0 Å². The Labute approximate surface area is 159 Å². The smallest absolute Gasteiger partial charge is 0.252 e. The fourth-order valence-electron chi connectivity index (χ4n) is 2.35. The number of ether oxygens (including phenoxy) is 3. The first-order valence-corrected chi connectivity index (χ1v) is 8.86. The highest BCUT2D eigenvalue weighted by Gasteiger charge is 2.16. The van der Waals surface area contributed by atoms with Crippen molar-refractivity contribution in [2.45, 2.75) is 13.0 Å². The van der Waals surface area contributed by atoms with Gasteiger partial charge in [-0.05, 0) is 53.3 Å². The molecule has 2 aromatic rings. The molecule has 0 saturated carbocycles. The molecule has 1 amide bonds. The Balaban J connectivity index is 1.49. The summed E-state index contributed by atoms with van der Waals surface area (Å²) in [6.45, 7) is 2.32. The Bertz CT molecular complexity index is 780. The number of hydrogen-bond acceptors (Lipinski definition) is 5. The van der Waals surface area contributed by atoms with Gasteiger partial charge in [0.2, 0.25) is 6.79 Å². The van der Waals surface area contributed by atoms with E-state index in [4.69, 9.17) is 14.2 Å². The zero-order chi connectivity index (χ0) is 17.8. The van der Waals surface area contributed by atoms with Crippen molar-refractivity contribution in [3.63, 3.8) is 0 Å². The van der Waals surface area contributed by atoms with Crippen LogP contribution in [-0.4, -0.2) is 37.1 Å². The molecular weight excluding hydrogens is 437 g/mol. The number of rotatable bonds is 6. The largest absolute Gasteiger partial charge is 0.491 e. The maximum absolute atomic E-state index is 12.2. The quantitative estimate of drug-likeness (QED) is 0.655. The molecule has 1 unspecified atom stereocenters. The lowest BCUT2D eigenvalue weighted by Crippen LogP contribution is -2.35. The van der Waals surface area contributed by atoms with Crippen LogP contribution in [0.2, 0.25) is 0 Å². The van der Waals surface area contributed by atoms with Gasteiger partial charge in [0, 0.05) is 16.2 Å². The molecule has 1 aliphatic rings. The first kappa shape index (κ1) is 17.8. The van der Waals surface area contributed by atoms with Gasteiger partial charge in [-0.25, -0.2) is 0 Å². The molecular formula is C18H18INO5. The van der Waals surface area contributed by atoms with Crippen LogP contribution >= 0.6 is 22.6 Å². The van der Waals surface area contributed by atoms with Crippen molar-refractivity contribution in [3.8, 4) is 17.2 Å². The van der Waals surface area contributed by atoms with Gasteiger partial charge >= 0.3 is 0 Å². The number of hydrogen-bond donors (Lipinski definition) is 2. The Morgan fingerprint density at radius 3 is 2.96 bits per heavy atom. The molecule has 1 heterocycles. The highest BCUT2D eigenvalue weighted by atomic mass is 127. The van der Waals surface area contributed by atoms with E-state index in [1.165, 1.54) is 0 Å². The van der Waals surface area contributed by atoms with Gasteiger partial charge in [0.05, 0.1) is 5.56 Å². The molecule has 0 radical (unpaired) electrons. The second kappa shape index (κ2) is 7.92. The molecule has 0 saturated heterocycles. The Morgan fingerprint density at radius 1 is 1.32 bits per heavy atom. The van der Waals surface area contributed by atoms with Gasteiger partial charge in [-0.1, -0.05) is 12.1 Å². The third kappa shape index (κ3) is 4.35. The molecule has 2 N–H and O–H groups in total. The molecule has 0 spiro atoms. The van der Waals surface area contributed by atoms with E-state index in [0.717, 1.165) is 9.13 Å². The van der Waals surface area contributed by atoms with Crippen molar-refractivity contribution in [1.29, 1.82) is 0 Å². The molecule has 0 bridgehead atoms. The second-order valence-electron chi connectivity index (χ2n) is 5.63. The van der Waals surface area contributed by atoms with Gasteiger partial charge < -0.3 is 24.6 Å². The highest BCUT2D eigenvalue weighted by Crippen LogP contribution is 2.35. The highest BCUT2D eigenvalue weighted by molar-refractivity contribution is 14.1. The van der Waals surface area contributed by atoms with E-state index in [9.17, 15) is 9.90 Å². The summed E-state index contributed by atoms with van der Waals surface area (Å²) in [4.78, 5) is 12.2. The minimum absolute atomic E-state index is 0.0604. The predicted molar refractivity (Wildman–Crippen MR) is 100 cm³/mol. The zero-order valence-electron chi connectivity index (χ0n) is 13.6. The van der Waals surface area contributed by atoms with E-state index in [-0.39, 0.29) is 25.9 Å². The number of halogens is 1. The van der Waals surface area contributed by atoms with Crippen LogP contribution in [0.3, 0.4) is 0 Å². The molecule has 7 heteroatoms. The number of carbonyl (C=O) groups excluding carboxylic acids is 1.